The molecule has 3 aliphatic heterocycles. The molecule has 2 unspecified atom stereocenters. The Kier molecular flexibility index (Phi) is 7.63. The standard InChI is InChI=1S/C32H38N2O3/c1-21(2)24-14-15-28(37-3)25(18-24)19-33-30-26-16-17-34(20-27(26)32(35)36)31(30)29(22-10-6-4-7-11-22)23-12-8-5-9-13-23/h4-15,18,21,26-27,29-31,33H,16-17,19-20H2,1-3H3,(H,35,36)/t26?,27-,30-,31-/m0/s1. The van der Waals surface area contributed by atoms with Crippen molar-refractivity contribution in [3.05, 3.63) is 101 Å². The number of hydrogen-bond donors (Lipinski definition) is 2. The van der Waals surface area contributed by atoms with Crippen molar-refractivity contribution < 1.29 is 14.6 Å². The Labute approximate surface area is 220 Å². The van der Waals surface area contributed by atoms with Crippen molar-refractivity contribution in [1.29, 1.82) is 0 Å². The Bertz CT molecular complexity index is 1160. The molecular formula is C32H38N2O3. The zero-order valence-corrected chi connectivity index (χ0v) is 22.0. The molecule has 0 aromatic heterocycles. The van der Waals surface area contributed by atoms with Crippen LogP contribution < -0.4 is 10.1 Å². The van der Waals surface area contributed by atoms with Crippen LogP contribution in [0.25, 0.3) is 0 Å². The highest BCUT2D eigenvalue weighted by Gasteiger charge is 2.52. The molecule has 3 aliphatic rings. The fraction of sp³-hybridized carbons (Fsp3) is 0.406. The van der Waals surface area contributed by atoms with Crippen LogP contribution in [0.2, 0.25) is 0 Å². The van der Waals surface area contributed by atoms with Crippen LogP contribution >= 0.6 is 0 Å². The first kappa shape index (κ1) is 25.5. The van der Waals surface area contributed by atoms with Gasteiger partial charge in [0.15, 0.2) is 0 Å². The van der Waals surface area contributed by atoms with Crippen molar-refractivity contribution in [2.45, 2.75) is 50.7 Å². The first-order valence-corrected chi connectivity index (χ1v) is 13.4. The van der Waals surface area contributed by atoms with E-state index >= 15 is 0 Å². The molecule has 5 heteroatoms. The lowest BCUT2D eigenvalue weighted by molar-refractivity contribution is -0.152. The molecule has 0 saturated carbocycles. The molecular weight excluding hydrogens is 460 g/mol. The van der Waals surface area contributed by atoms with Gasteiger partial charge in [-0.1, -0.05) is 86.6 Å². The topological polar surface area (TPSA) is 61.8 Å². The summed E-state index contributed by atoms with van der Waals surface area (Å²) in [5.74, 6) is 0.454. The normalized spacial score (nSPS) is 24.9. The summed E-state index contributed by atoms with van der Waals surface area (Å²) in [7, 11) is 1.71. The first-order valence-electron chi connectivity index (χ1n) is 13.4. The fourth-order valence-corrected chi connectivity index (χ4v) is 6.56. The molecule has 5 atom stereocenters. The molecule has 0 radical (unpaired) electrons. The van der Waals surface area contributed by atoms with Crippen LogP contribution in [0.1, 0.15) is 54.4 Å². The lowest BCUT2D eigenvalue weighted by Gasteiger charge is -2.56. The summed E-state index contributed by atoms with van der Waals surface area (Å²) in [6.07, 6.45) is 0.893. The second kappa shape index (κ2) is 11.1. The number of nitrogens with zero attached hydrogens (tertiary/aromatic N) is 1. The Morgan fingerprint density at radius 1 is 1.00 bits per heavy atom. The highest BCUT2D eigenvalue weighted by Crippen LogP contribution is 2.44. The van der Waals surface area contributed by atoms with Gasteiger partial charge in [-0.2, -0.15) is 0 Å². The van der Waals surface area contributed by atoms with Gasteiger partial charge in [-0.25, -0.2) is 0 Å². The third kappa shape index (κ3) is 5.16. The quantitative estimate of drug-likeness (QED) is 0.407. The number of rotatable bonds is 9. The minimum Gasteiger partial charge on any atom is -0.496 e. The largest absolute Gasteiger partial charge is 0.496 e. The van der Waals surface area contributed by atoms with Crippen molar-refractivity contribution in [3.8, 4) is 5.75 Å². The molecule has 3 aromatic rings. The molecule has 3 fully saturated rings. The minimum atomic E-state index is -0.685. The van der Waals surface area contributed by atoms with Crippen LogP contribution in [-0.2, 0) is 11.3 Å². The van der Waals surface area contributed by atoms with Crippen molar-refractivity contribution in [2.75, 3.05) is 20.2 Å². The molecule has 2 bridgehead atoms. The molecule has 3 aromatic carbocycles. The van der Waals surface area contributed by atoms with Gasteiger partial charge >= 0.3 is 5.97 Å². The lowest BCUT2D eigenvalue weighted by Crippen LogP contribution is -2.68. The second-order valence-electron chi connectivity index (χ2n) is 10.8. The van der Waals surface area contributed by atoms with E-state index in [4.69, 9.17) is 4.74 Å². The maximum atomic E-state index is 12.3. The number of methoxy groups -OCH3 is 1. The average molecular weight is 499 g/mol. The summed E-state index contributed by atoms with van der Waals surface area (Å²) >= 11 is 0. The van der Waals surface area contributed by atoms with Crippen LogP contribution in [0.3, 0.4) is 0 Å². The van der Waals surface area contributed by atoms with E-state index < -0.39 is 5.97 Å². The van der Waals surface area contributed by atoms with Crippen molar-refractivity contribution >= 4 is 5.97 Å². The number of aliphatic carboxylic acids is 1. The van der Waals surface area contributed by atoms with E-state index in [0.717, 1.165) is 24.3 Å². The molecule has 6 rings (SSSR count). The van der Waals surface area contributed by atoms with Crippen LogP contribution in [0.15, 0.2) is 78.9 Å². The summed E-state index contributed by atoms with van der Waals surface area (Å²) in [6.45, 7) is 6.57. The van der Waals surface area contributed by atoms with Crippen LogP contribution in [0, 0.1) is 11.8 Å². The van der Waals surface area contributed by atoms with Gasteiger partial charge in [-0.3, -0.25) is 9.69 Å². The smallest absolute Gasteiger partial charge is 0.308 e. The number of piperidine rings is 3. The highest BCUT2D eigenvalue weighted by molar-refractivity contribution is 5.71. The zero-order valence-electron chi connectivity index (χ0n) is 22.0. The molecule has 2 N–H and O–H groups in total. The Balaban J connectivity index is 1.54. The molecule has 0 spiro atoms. The van der Waals surface area contributed by atoms with E-state index in [1.54, 1.807) is 7.11 Å². The van der Waals surface area contributed by atoms with E-state index in [-0.39, 0.29) is 29.8 Å². The molecule has 0 amide bonds. The highest BCUT2D eigenvalue weighted by atomic mass is 16.5. The molecule has 194 valence electrons. The van der Waals surface area contributed by atoms with Gasteiger partial charge in [-0.15, -0.1) is 0 Å². The second-order valence-corrected chi connectivity index (χ2v) is 10.8. The number of carbonyl (C=O) groups is 1. The van der Waals surface area contributed by atoms with E-state index in [1.807, 2.05) is 0 Å². The Morgan fingerprint density at radius 3 is 2.22 bits per heavy atom. The third-order valence-corrected chi connectivity index (χ3v) is 8.42. The number of benzene rings is 3. The number of carboxylic acids is 1. The third-order valence-electron chi connectivity index (χ3n) is 8.42. The number of fused-ring (bicyclic) bond motifs is 3. The summed E-state index contributed by atoms with van der Waals surface area (Å²) in [5.41, 5.74) is 4.93. The van der Waals surface area contributed by atoms with Gasteiger partial charge in [0.2, 0.25) is 0 Å². The average Bonchev–Trinajstić information content (AvgIpc) is 2.93. The number of ether oxygens (including phenoxy) is 1. The number of hydrogen-bond acceptors (Lipinski definition) is 4. The lowest BCUT2D eigenvalue weighted by atomic mass is 9.66. The van der Waals surface area contributed by atoms with Gasteiger partial charge in [-0.05, 0) is 47.6 Å². The number of carboxylic acid groups (broad SMARTS) is 1. The number of nitrogens with one attached hydrogen (secondary N) is 1. The van der Waals surface area contributed by atoms with E-state index in [2.05, 4.69) is 103 Å². The molecule has 3 saturated heterocycles. The van der Waals surface area contributed by atoms with Gasteiger partial charge < -0.3 is 15.2 Å². The maximum Gasteiger partial charge on any atom is 0.308 e. The van der Waals surface area contributed by atoms with Gasteiger partial charge in [0, 0.05) is 36.7 Å². The first-order chi connectivity index (χ1) is 18.0. The summed E-state index contributed by atoms with van der Waals surface area (Å²) < 4.78 is 5.71. The SMILES string of the molecule is COc1ccc(C(C)C)cc1CN[C@H]1C2CCN(C[C@@H]2C(=O)O)[C@H]1C(c1ccccc1)c1ccccc1. The summed E-state index contributed by atoms with van der Waals surface area (Å²) in [4.78, 5) is 14.8. The maximum absolute atomic E-state index is 12.3. The molecule has 5 nitrogen and oxygen atoms in total. The van der Waals surface area contributed by atoms with E-state index in [1.165, 1.54) is 16.7 Å². The van der Waals surface area contributed by atoms with Crippen LogP contribution in [-0.4, -0.2) is 48.3 Å². The Hall–Kier alpha value is -3.15. The van der Waals surface area contributed by atoms with Gasteiger partial charge in [0.25, 0.3) is 0 Å². The molecule has 0 aliphatic carbocycles. The monoisotopic (exact) mass is 498 g/mol. The summed E-state index contributed by atoms with van der Waals surface area (Å²) in [5, 5.41) is 14.0. The summed E-state index contributed by atoms with van der Waals surface area (Å²) in [6, 6.07) is 28.0. The minimum absolute atomic E-state index is 0.0291. The van der Waals surface area contributed by atoms with Crippen LogP contribution in [0.4, 0.5) is 0 Å². The molecule has 3 heterocycles. The van der Waals surface area contributed by atoms with Crippen molar-refractivity contribution in [1.82, 2.24) is 10.2 Å². The van der Waals surface area contributed by atoms with E-state index in [0.29, 0.717) is 19.0 Å². The van der Waals surface area contributed by atoms with Gasteiger partial charge in [0.05, 0.1) is 13.0 Å². The van der Waals surface area contributed by atoms with Gasteiger partial charge in [0.1, 0.15) is 5.75 Å². The molecule has 37 heavy (non-hydrogen) atoms. The van der Waals surface area contributed by atoms with Crippen LogP contribution in [0.5, 0.6) is 5.75 Å². The fourth-order valence-electron chi connectivity index (χ4n) is 6.56. The van der Waals surface area contributed by atoms with E-state index in [9.17, 15) is 9.90 Å². The Morgan fingerprint density at radius 2 is 1.65 bits per heavy atom. The predicted molar refractivity (Wildman–Crippen MR) is 147 cm³/mol. The van der Waals surface area contributed by atoms with Crippen molar-refractivity contribution in [3.63, 3.8) is 0 Å². The predicted octanol–water partition coefficient (Wildman–Crippen LogP) is 5.51. The van der Waals surface area contributed by atoms with Crippen molar-refractivity contribution in [2.24, 2.45) is 11.8 Å². The zero-order chi connectivity index (χ0) is 25.9.